The lowest BCUT2D eigenvalue weighted by Crippen LogP contribution is -2.56. The number of carbonyl (C=O) groups excluding carboxylic acids is 2. The molecule has 8 rings (SSSR count). The van der Waals surface area contributed by atoms with Crippen molar-refractivity contribution in [2.75, 3.05) is 14.2 Å². The van der Waals surface area contributed by atoms with E-state index in [0.717, 1.165) is 17.6 Å². The van der Waals surface area contributed by atoms with Crippen molar-refractivity contribution in [3.8, 4) is 0 Å². The van der Waals surface area contributed by atoms with Crippen molar-refractivity contribution < 1.29 is 77.0 Å². The Hall–Kier alpha value is -2.22. The molecule has 0 aromatic heterocycles. The minimum Gasteiger partial charge on any atom is -0.459 e. The summed E-state index contributed by atoms with van der Waals surface area (Å²) in [4.78, 5) is 26.5. The van der Waals surface area contributed by atoms with Crippen LogP contribution in [0.2, 0.25) is 0 Å². The largest absolute Gasteiger partial charge is 0.459 e. The Balaban J connectivity index is 0.871. The summed E-state index contributed by atoms with van der Waals surface area (Å²) < 4.78 is 66.1. The van der Waals surface area contributed by atoms with Crippen molar-refractivity contribution >= 4 is 11.9 Å². The Morgan fingerprint density at radius 3 is 2.16 bits per heavy atom. The minimum atomic E-state index is -1.20. The van der Waals surface area contributed by atoms with Crippen LogP contribution in [-0.2, 0) is 61.7 Å². The molecule has 16 nitrogen and oxygen atoms in total. The van der Waals surface area contributed by atoms with Crippen LogP contribution in [0.3, 0.4) is 0 Å². The molecule has 6 fully saturated rings. The molecular formula is C41H60O16. The zero-order valence-corrected chi connectivity index (χ0v) is 33.9. The molecule has 0 spiro atoms. The van der Waals surface area contributed by atoms with E-state index < -0.39 is 115 Å². The van der Waals surface area contributed by atoms with Crippen molar-refractivity contribution in [2.24, 2.45) is 23.2 Å². The number of aliphatic hydroxyl groups excluding tert-OH is 3. The SMILES string of the molecule is CO[C@@H]1C[C@@H](O[C@H]2[C@@H](O)C[C@H](O[C@@H]3[C@@H](C)O[C@@H](O[C@H]4CC[C@@]5(C)C(=C[C@H](O)[C@H]6C(=O)O[C@@H]7C(=O)O[C@]8(C)OC=C(CC[C@@H]65)[C@H]78)C4)C[C@H]3OC)O[C@@H]2C)O[C@H](C)[C@H]1O. The van der Waals surface area contributed by atoms with E-state index in [1.54, 1.807) is 33.3 Å². The Labute approximate surface area is 333 Å². The van der Waals surface area contributed by atoms with Gasteiger partial charge in [-0.05, 0) is 69.8 Å². The topological polar surface area (TPSA) is 196 Å². The molecule has 8 aliphatic rings. The maximum Gasteiger partial charge on any atom is 0.351 e. The first-order valence-corrected chi connectivity index (χ1v) is 20.7. The van der Waals surface area contributed by atoms with E-state index in [1.165, 1.54) is 7.11 Å². The van der Waals surface area contributed by atoms with Crippen LogP contribution in [0, 0.1) is 23.2 Å². The van der Waals surface area contributed by atoms with Crippen molar-refractivity contribution in [3.05, 3.63) is 23.5 Å². The highest BCUT2D eigenvalue weighted by molar-refractivity contribution is 5.84. The highest BCUT2D eigenvalue weighted by Gasteiger charge is 2.63. The first-order chi connectivity index (χ1) is 27.1. The molecule has 0 radical (unpaired) electrons. The normalized spacial score (nSPS) is 51.1. The Bertz CT molecular complexity index is 1560. The van der Waals surface area contributed by atoms with Crippen molar-refractivity contribution in [1.29, 1.82) is 0 Å². The predicted octanol–water partition coefficient (Wildman–Crippen LogP) is 2.53. The number of fused-ring (bicyclic) bond motifs is 3. The van der Waals surface area contributed by atoms with Crippen LogP contribution in [0.1, 0.15) is 86.0 Å². The van der Waals surface area contributed by atoms with Gasteiger partial charge in [0.15, 0.2) is 18.9 Å². The van der Waals surface area contributed by atoms with E-state index >= 15 is 0 Å². The zero-order chi connectivity index (χ0) is 40.6. The molecule has 6 heterocycles. The zero-order valence-electron chi connectivity index (χ0n) is 33.9. The van der Waals surface area contributed by atoms with Crippen LogP contribution >= 0.6 is 0 Å². The third-order valence-electron chi connectivity index (χ3n) is 14.1. The van der Waals surface area contributed by atoms with Crippen molar-refractivity contribution in [2.45, 2.75) is 184 Å². The standard InChI is InChI=1S/C41H60O16/c1-18-34(44)27(47-6)15-31(50-18)54-35-19(2)51-29(14-26(35)43)55-36-20(3)52-30(16-28(36)48-7)53-23-10-11-40(4)22(12-23)13-25(42)32-24(40)9-8-21-17-49-41(5)33(21)37(39(46)57-41)56-38(32)45/h13,17-20,23-37,42-44H,8-12,14-16H2,1-7H3/t18-,19-,20-,23+,24+,25+,26+,27-,28-,29+,30+,31-,32+,33-,34-,35-,36-,37+,40+,41+/m1/s1. The quantitative estimate of drug-likeness (QED) is 0.239. The van der Waals surface area contributed by atoms with Crippen molar-refractivity contribution in [3.63, 3.8) is 0 Å². The lowest BCUT2D eigenvalue weighted by Gasteiger charge is -2.51. The van der Waals surface area contributed by atoms with E-state index in [2.05, 4.69) is 6.92 Å². The molecule has 0 amide bonds. The fourth-order valence-electron chi connectivity index (χ4n) is 10.9. The molecule has 3 N–H and O–H groups in total. The summed E-state index contributed by atoms with van der Waals surface area (Å²) in [5, 5.41) is 33.0. The number of esters is 2. The van der Waals surface area contributed by atoms with Gasteiger partial charge in [-0.25, -0.2) is 4.79 Å². The van der Waals surface area contributed by atoms with Crippen LogP contribution in [0.25, 0.3) is 0 Å². The van der Waals surface area contributed by atoms with Gasteiger partial charge in [0.25, 0.3) is 5.79 Å². The van der Waals surface area contributed by atoms with Gasteiger partial charge in [-0.3, -0.25) is 4.79 Å². The molecule has 0 unspecified atom stereocenters. The fourth-order valence-corrected chi connectivity index (χ4v) is 10.9. The van der Waals surface area contributed by atoms with Gasteiger partial charge in [-0.1, -0.05) is 18.6 Å². The number of rotatable bonds is 8. The molecule has 2 aliphatic carbocycles. The number of methoxy groups -OCH3 is 2. The fraction of sp³-hybridized carbons (Fsp3) is 0.854. The minimum absolute atomic E-state index is 0.160. The second kappa shape index (κ2) is 16.0. The van der Waals surface area contributed by atoms with Crippen LogP contribution in [0.4, 0.5) is 0 Å². The molecule has 0 aromatic carbocycles. The average molecular weight is 809 g/mol. The first kappa shape index (κ1) is 41.5. The van der Waals surface area contributed by atoms with Gasteiger partial charge in [0.1, 0.15) is 24.2 Å². The third-order valence-corrected chi connectivity index (χ3v) is 14.1. The van der Waals surface area contributed by atoms with E-state index in [0.29, 0.717) is 38.5 Å². The first-order valence-electron chi connectivity index (χ1n) is 20.7. The van der Waals surface area contributed by atoms with Crippen LogP contribution < -0.4 is 0 Å². The lowest BCUT2D eigenvalue weighted by atomic mass is 9.55. The predicted molar refractivity (Wildman–Crippen MR) is 194 cm³/mol. The monoisotopic (exact) mass is 808 g/mol. The Kier molecular flexibility index (Phi) is 11.6. The maximum absolute atomic E-state index is 13.8. The lowest BCUT2D eigenvalue weighted by molar-refractivity contribution is -0.337. The summed E-state index contributed by atoms with van der Waals surface area (Å²) in [7, 11) is 3.16. The molecule has 16 heteroatoms. The highest BCUT2D eigenvalue weighted by Crippen LogP contribution is 2.57. The summed E-state index contributed by atoms with van der Waals surface area (Å²) in [6.07, 6.45) is -2.00. The molecule has 20 atom stereocenters. The van der Waals surface area contributed by atoms with Gasteiger partial charge < -0.3 is 67.4 Å². The summed E-state index contributed by atoms with van der Waals surface area (Å²) in [5.74, 6) is -3.97. The number of hydrogen-bond donors (Lipinski definition) is 3. The van der Waals surface area contributed by atoms with Crippen molar-refractivity contribution in [1.82, 2.24) is 0 Å². The molecule has 57 heavy (non-hydrogen) atoms. The molecule has 0 bridgehead atoms. The number of aliphatic hydroxyl groups is 3. The summed E-state index contributed by atoms with van der Waals surface area (Å²) in [5.41, 5.74) is 1.52. The third kappa shape index (κ3) is 7.60. The van der Waals surface area contributed by atoms with Gasteiger partial charge in [0.2, 0.25) is 6.10 Å². The molecule has 6 aliphatic heterocycles. The molecule has 1 saturated carbocycles. The molecule has 0 aromatic rings. The average Bonchev–Trinajstić information content (AvgIpc) is 3.62. The van der Waals surface area contributed by atoms with Gasteiger partial charge >= 0.3 is 11.9 Å². The number of ether oxygens (including phenoxy) is 11. The van der Waals surface area contributed by atoms with Crippen LogP contribution in [0.5, 0.6) is 0 Å². The Morgan fingerprint density at radius 2 is 1.44 bits per heavy atom. The summed E-state index contributed by atoms with van der Waals surface area (Å²) >= 11 is 0. The summed E-state index contributed by atoms with van der Waals surface area (Å²) in [6.45, 7) is 9.33. The van der Waals surface area contributed by atoms with E-state index in [4.69, 9.17) is 52.1 Å². The second-order valence-corrected chi connectivity index (χ2v) is 17.7. The number of hydrogen-bond acceptors (Lipinski definition) is 16. The van der Waals surface area contributed by atoms with Crippen LogP contribution in [0.15, 0.2) is 23.5 Å². The van der Waals surface area contributed by atoms with Gasteiger partial charge in [0.05, 0.1) is 61.0 Å². The smallest absolute Gasteiger partial charge is 0.351 e. The molecule has 320 valence electrons. The number of carbonyl (C=O) groups is 2. The van der Waals surface area contributed by atoms with E-state index in [9.17, 15) is 24.9 Å². The summed E-state index contributed by atoms with van der Waals surface area (Å²) in [6, 6.07) is 0. The maximum atomic E-state index is 13.8. The van der Waals surface area contributed by atoms with Crippen LogP contribution in [-0.4, -0.2) is 139 Å². The van der Waals surface area contributed by atoms with Gasteiger partial charge in [0, 0.05) is 40.4 Å². The van der Waals surface area contributed by atoms with E-state index in [1.807, 2.05) is 13.8 Å². The van der Waals surface area contributed by atoms with E-state index in [-0.39, 0.29) is 24.5 Å². The molecule has 5 saturated heterocycles. The molecular weight excluding hydrogens is 748 g/mol. The Morgan fingerprint density at radius 1 is 0.789 bits per heavy atom. The highest BCUT2D eigenvalue weighted by atomic mass is 16.8. The second-order valence-electron chi connectivity index (χ2n) is 17.7. The van der Waals surface area contributed by atoms with Gasteiger partial charge in [-0.2, -0.15) is 0 Å². The van der Waals surface area contributed by atoms with Gasteiger partial charge in [-0.15, -0.1) is 0 Å².